The van der Waals surface area contributed by atoms with Gasteiger partial charge in [-0.25, -0.2) is 4.90 Å². The predicted molar refractivity (Wildman–Crippen MR) is 130 cm³/mol. The van der Waals surface area contributed by atoms with Crippen molar-refractivity contribution in [3.05, 3.63) is 53.1 Å². The van der Waals surface area contributed by atoms with Gasteiger partial charge < -0.3 is 60.6 Å². The van der Waals surface area contributed by atoms with E-state index in [4.69, 9.17) is 14.7 Å². The number of aromatic hydroxyl groups is 9. The number of phenols is 9. The van der Waals surface area contributed by atoms with Crippen LogP contribution in [0.1, 0.15) is 31.1 Å². The molecule has 0 radical (unpaired) electrons. The Labute approximate surface area is 221 Å². The molecule has 18 heteroatoms. The number of rotatable bonds is 3. The smallest absolute Gasteiger partial charge is 0.319 e. The molecular weight excluding hydrogens is 569 g/mol. The Balaban J connectivity index is 0.000000976. The molecule has 0 bridgehead atoms. The van der Waals surface area contributed by atoms with Crippen LogP contribution in [0.5, 0.6) is 51.7 Å². The summed E-state index contributed by atoms with van der Waals surface area (Å²) in [5, 5.41) is 86.6. The number of carbonyl (C=O) groups is 3. The van der Waals surface area contributed by atoms with Crippen molar-refractivity contribution in [3.8, 4) is 51.7 Å². The Hall–Kier alpha value is -4.80. The van der Waals surface area contributed by atoms with Gasteiger partial charge in [0, 0.05) is 16.7 Å². The Kier molecular flexibility index (Phi) is 8.81. The first-order valence-electron chi connectivity index (χ1n) is 9.79. The Morgan fingerprint density at radius 2 is 0.641 bits per heavy atom. The van der Waals surface area contributed by atoms with Crippen molar-refractivity contribution in [2.45, 2.75) is 0 Å². The molecule has 0 fully saturated rings. The zero-order valence-corrected chi connectivity index (χ0v) is 20.6. The maximum Gasteiger partial charge on any atom is 0.319 e. The lowest BCUT2D eigenvalue weighted by Gasteiger charge is -2.20. The molecule has 0 saturated carbocycles. The van der Waals surface area contributed by atoms with Crippen molar-refractivity contribution in [3.63, 3.8) is 0 Å². The minimum atomic E-state index is -3.81. The molecule has 3 aromatic rings. The molecule has 208 valence electrons. The molecule has 0 aliphatic heterocycles. The van der Waals surface area contributed by atoms with E-state index in [1.54, 1.807) is 0 Å². The summed E-state index contributed by atoms with van der Waals surface area (Å²) in [6, 6.07) is 3.68. The van der Waals surface area contributed by atoms with Gasteiger partial charge in [-0.3, -0.25) is 14.4 Å². The quantitative estimate of drug-likeness (QED) is 0.112. The lowest BCUT2D eigenvalue weighted by molar-refractivity contribution is 0.0536. The highest BCUT2D eigenvalue weighted by Gasteiger charge is 2.34. The lowest BCUT2D eigenvalue weighted by Crippen LogP contribution is -2.42. The second kappa shape index (κ2) is 11.3. The molecule has 0 heterocycles. The summed E-state index contributed by atoms with van der Waals surface area (Å²) in [6.45, 7) is -3.81. The summed E-state index contributed by atoms with van der Waals surface area (Å²) < 4.78 is 0. The van der Waals surface area contributed by atoms with Crippen LogP contribution in [0.2, 0.25) is 0 Å². The normalized spacial score (nSPS) is 10.7. The van der Waals surface area contributed by atoms with Gasteiger partial charge in [0.1, 0.15) is 0 Å². The Morgan fingerprint density at radius 1 is 0.487 bits per heavy atom. The van der Waals surface area contributed by atoms with E-state index in [-0.39, 0.29) is 4.90 Å². The van der Waals surface area contributed by atoms with Gasteiger partial charge in [-0.15, -0.1) is 0 Å². The average molecular weight is 587 g/mol. The van der Waals surface area contributed by atoms with E-state index in [2.05, 4.69) is 11.8 Å². The number of hydrogen-bond donors (Lipinski definition) is 12. The Bertz CT molecular complexity index is 1290. The Morgan fingerprint density at radius 3 is 0.795 bits per heavy atom. The average Bonchev–Trinajstić information content (AvgIpc) is 2.82. The molecule has 0 atom stereocenters. The van der Waals surface area contributed by atoms with Crippen molar-refractivity contribution in [2.24, 2.45) is 0 Å². The maximum atomic E-state index is 13.1. The van der Waals surface area contributed by atoms with E-state index in [9.17, 15) is 60.3 Å². The van der Waals surface area contributed by atoms with E-state index in [0.717, 1.165) is 0 Å². The molecule has 16 nitrogen and oxygen atoms in total. The highest BCUT2D eigenvalue weighted by Crippen LogP contribution is 2.39. The van der Waals surface area contributed by atoms with Crippen LogP contribution in [0.3, 0.4) is 0 Å². The predicted octanol–water partition coefficient (Wildman–Crippen LogP) is 0.348. The summed E-state index contributed by atoms with van der Waals surface area (Å²) in [4.78, 5) is 61.9. The zero-order chi connectivity index (χ0) is 30.0. The summed E-state index contributed by atoms with van der Waals surface area (Å²) in [5.41, 5.74) is -2.06. The molecule has 0 spiro atoms. The number of hydrogen-bond acceptors (Lipinski definition) is 13. The number of carbonyl (C=O) groups excluding carboxylic acids is 3. The van der Waals surface area contributed by atoms with Gasteiger partial charge in [-0.2, -0.15) is 0 Å². The first-order chi connectivity index (χ1) is 17.8. The summed E-state index contributed by atoms with van der Waals surface area (Å²) in [7, 11) is 0. The minimum Gasteiger partial charge on any atom is -0.504 e. The van der Waals surface area contributed by atoms with E-state index in [0.29, 0.717) is 36.4 Å². The number of benzene rings is 3. The monoisotopic (exact) mass is 587 g/mol. The first-order valence-corrected chi connectivity index (χ1v) is 12.5. The molecule has 0 unspecified atom stereocenters. The molecule has 0 aliphatic rings. The van der Waals surface area contributed by atoms with Crippen molar-refractivity contribution in [2.75, 3.05) is 0 Å². The van der Waals surface area contributed by atoms with Crippen LogP contribution in [0, 0.1) is 0 Å². The summed E-state index contributed by atoms with van der Waals surface area (Å²) in [6.07, 6.45) is 0. The van der Waals surface area contributed by atoms with Crippen molar-refractivity contribution >= 4 is 36.2 Å². The van der Waals surface area contributed by atoms with Crippen LogP contribution in [-0.4, -0.2) is 83.3 Å². The van der Waals surface area contributed by atoms with Gasteiger partial charge in [-0.1, -0.05) is 0 Å². The van der Waals surface area contributed by atoms with Gasteiger partial charge in [-0.05, 0) is 48.2 Å². The third-order valence-corrected chi connectivity index (χ3v) is 4.56. The van der Waals surface area contributed by atoms with Crippen LogP contribution in [-0.2, 0) is 11.8 Å². The van der Waals surface area contributed by atoms with Gasteiger partial charge >= 0.3 is 6.72 Å². The number of nitrogens with zero attached hydrogens (tertiary/aromatic N) is 1. The first kappa shape index (κ1) is 30.4. The number of phenolic OH excluding ortho intramolecular Hbond substituents is 9. The summed E-state index contributed by atoms with van der Waals surface area (Å²) in [5.74, 6) is -13.4. The number of amides is 3. The SMILES string of the molecule is O=C(c1cc(O)c(O)c(O)c1)N(C(=O)c1cc(O)c(O)c(O)c1)C(=O)c1cc(O)c(O)c(O)c1.OP(O)(O)=S. The second-order valence-electron chi connectivity index (χ2n) is 7.35. The standard InChI is InChI=1S/C21H15NO12.H3O3PS/c23-10-1-7(2-11(24)16(10)29)19(32)22(20(33)8-3-12(25)17(30)13(26)4-8)21(34)9-5-14(27)18(31)15(28)6-9;1-4(2,3)5/h1-6,23-31H;(H3,1,2,3,5). The van der Waals surface area contributed by atoms with Crippen molar-refractivity contribution in [1.82, 2.24) is 4.90 Å². The zero-order valence-electron chi connectivity index (χ0n) is 18.9. The molecule has 39 heavy (non-hydrogen) atoms. The van der Waals surface area contributed by atoms with Crippen molar-refractivity contribution in [1.29, 1.82) is 0 Å². The second-order valence-corrected chi connectivity index (χ2v) is 9.85. The number of imide groups is 3. The molecule has 3 aromatic carbocycles. The van der Waals surface area contributed by atoms with Gasteiger partial charge in [0.2, 0.25) is 0 Å². The largest absolute Gasteiger partial charge is 0.504 e. The van der Waals surface area contributed by atoms with Gasteiger partial charge in [0.05, 0.1) is 0 Å². The van der Waals surface area contributed by atoms with E-state index >= 15 is 0 Å². The summed E-state index contributed by atoms with van der Waals surface area (Å²) >= 11 is 3.60. The van der Waals surface area contributed by atoms with Crippen LogP contribution >= 0.6 is 6.72 Å². The van der Waals surface area contributed by atoms with Crippen molar-refractivity contribution < 1.29 is 75.0 Å². The lowest BCUT2D eigenvalue weighted by atomic mass is 10.1. The van der Waals surface area contributed by atoms with Crippen LogP contribution in [0.15, 0.2) is 36.4 Å². The van der Waals surface area contributed by atoms with Crippen LogP contribution < -0.4 is 0 Å². The third kappa shape index (κ3) is 7.16. The fourth-order valence-corrected chi connectivity index (χ4v) is 2.85. The maximum absolute atomic E-state index is 13.1. The molecule has 0 aromatic heterocycles. The minimum absolute atomic E-state index is 0.109. The molecule has 12 N–H and O–H groups in total. The molecule has 3 rings (SSSR count). The fourth-order valence-electron chi connectivity index (χ4n) is 2.85. The third-order valence-electron chi connectivity index (χ3n) is 4.56. The van der Waals surface area contributed by atoms with Crippen LogP contribution in [0.25, 0.3) is 0 Å². The van der Waals surface area contributed by atoms with E-state index in [1.165, 1.54) is 0 Å². The topological polar surface area (TPSA) is 297 Å². The fraction of sp³-hybridized carbons (Fsp3) is 0. The molecular formula is C21H18NO15PS. The molecule has 0 aliphatic carbocycles. The highest BCUT2D eigenvalue weighted by atomic mass is 32.5. The van der Waals surface area contributed by atoms with Crippen LogP contribution in [0.4, 0.5) is 0 Å². The highest BCUT2D eigenvalue weighted by molar-refractivity contribution is 8.06. The van der Waals surface area contributed by atoms with Gasteiger partial charge in [0.15, 0.2) is 51.7 Å². The van der Waals surface area contributed by atoms with Gasteiger partial charge in [0.25, 0.3) is 17.7 Å². The molecule has 0 saturated heterocycles. The van der Waals surface area contributed by atoms with E-state index < -0.39 is 92.9 Å². The van der Waals surface area contributed by atoms with E-state index in [1.807, 2.05) is 0 Å². The molecule has 3 amide bonds.